The summed E-state index contributed by atoms with van der Waals surface area (Å²) in [6, 6.07) is 92.2. The lowest BCUT2D eigenvalue weighted by atomic mass is 10.0. The van der Waals surface area contributed by atoms with Crippen molar-refractivity contribution in [1.82, 2.24) is 28.2 Å². The van der Waals surface area contributed by atoms with Crippen molar-refractivity contribution in [2.75, 3.05) is 0 Å². The number of hydrogen-bond donors (Lipinski definition) is 0. The second-order valence-electron chi connectivity index (χ2n) is 19.8. The van der Waals surface area contributed by atoms with Crippen LogP contribution in [0.1, 0.15) is 0 Å². The van der Waals surface area contributed by atoms with Crippen molar-refractivity contribution >= 4 is 87.2 Å². The highest BCUT2D eigenvalue weighted by molar-refractivity contribution is 6.14. The molecule has 0 N–H and O–H groups in total. The summed E-state index contributed by atoms with van der Waals surface area (Å²) < 4.78 is 9.55. The normalized spacial score (nSPS) is 11.9. The van der Waals surface area contributed by atoms with Gasteiger partial charge in [0.05, 0.1) is 55.5 Å². The number of nitrogens with zero attached hydrogens (tertiary/aromatic N) is 6. The van der Waals surface area contributed by atoms with Crippen LogP contribution >= 0.6 is 0 Å². The summed E-state index contributed by atoms with van der Waals surface area (Å²) in [4.78, 5) is 9.75. The first-order valence-corrected chi connectivity index (χ1v) is 25.9. The third-order valence-corrected chi connectivity index (χ3v) is 15.7. The summed E-state index contributed by atoms with van der Waals surface area (Å²) >= 11 is 0. The second-order valence-corrected chi connectivity index (χ2v) is 19.8. The maximum absolute atomic E-state index is 4.88. The first-order valence-electron chi connectivity index (χ1n) is 25.9. The van der Waals surface area contributed by atoms with Gasteiger partial charge in [-0.2, -0.15) is 0 Å². The highest BCUT2D eigenvalue weighted by atomic mass is 15.0. The Labute approximate surface area is 436 Å². The fourth-order valence-electron chi connectivity index (χ4n) is 12.3. The van der Waals surface area contributed by atoms with E-state index in [9.17, 15) is 0 Å². The molecule has 10 aromatic carbocycles. The first-order chi connectivity index (χ1) is 37.7. The topological polar surface area (TPSA) is 45.5 Å². The van der Waals surface area contributed by atoms with Gasteiger partial charge in [-0.15, -0.1) is 0 Å². The lowest BCUT2D eigenvalue weighted by molar-refractivity contribution is 1.16. The molecule has 0 saturated carbocycles. The number of para-hydroxylation sites is 6. The Hall–Kier alpha value is -10.3. The van der Waals surface area contributed by atoms with Crippen LogP contribution in [0.25, 0.3) is 144 Å². The Balaban J connectivity index is 0.703. The van der Waals surface area contributed by atoms with Gasteiger partial charge in [0.25, 0.3) is 0 Å². The van der Waals surface area contributed by atoms with Gasteiger partial charge in [-0.1, -0.05) is 133 Å². The lowest BCUT2D eigenvalue weighted by Crippen LogP contribution is -1.96. The maximum Gasteiger partial charge on any atom is 0.0708 e. The molecule has 6 heterocycles. The molecule has 354 valence electrons. The molecular weight excluding hydrogens is 925 g/mol. The minimum absolute atomic E-state index is 0.915. The molecule has 0 aliphatic heterocycles. The number of aromatic nitrogens is 6. The Morgan fingerprint density at radius 2 is 0.461 bits per heavy atom. The maximum atomic E-state index is 4.88. The predicted octanol–water partition coefficient (Wildman–Crippen LogP) is 17.9. The predicted molar refractivity (Wildman–Crippen MR) is 316 cm³/mol. The quantitative estimate of drug-likeness (QED) is 0.160. The van der Waals surface area contributed by atoms with E-state index in [1.807, 2.05) is 12.4 Å². The molecule has 0 fully saturated rings. The molecular formula is C70H44N6. The van der Waals surface area contributed by atoms with E-state index in [-0.39, 0.29) is 0 Å². The molecule has 16 rings (SSSR count). The van der Waals surface area contributed by atoms with Gasteiger partial charge in [0, 0.05) is 89.4 Å². The molecule has 0 unspecified atom stereocenters. The number of hydrogen-bond acceptors (Lipinski definition) is 2. The van der Waals surface area contributed by atoms with E-state index >= 15 is 0 Å². The van der Waals surface area contributed by atoms with Crippen LogP contribution in [0.5, 0.6) is 0 Å². The summed E-state index contributed by atoms with van der Waals surface area (Å²) in [5, 5.41) is 9.92. The minimum atomic E-state index is 0.915. The molecule has 0 saturated heterocycles. The zero-order valence-electron chi connectivity index (χ0n) is 41.1. The number of benzene rings is 10. The molecule has 0 radical (unpaired) electrons. The van der Waals surface area contributed by atoms with Crippen LogP contribution in [-0.4, -0.2) is 28.2 Å². The Bertz CT molecular complexity index is 4570. The third kappa shape index (κ3) is 6.41. The number of fused-ring (bicyclic) bond motifs is 12. The monoisotopic (exact) mass is 968 g/mol. The Kier molecular flexibility index (Phi) is 9.23. The minimum Gasteiger partial charge on any atom is -0.309 e. The van der Waals surface area contributed by atoms with Crippen molar-refractivity contribution in [2.45, 2.75) is 0 Å². The third-order valence-electron chi connectivity index (χ3n) is 15.7. The molecule has 0 spiro atoms. The highest BCUT2D eigenvalue weighted by Gasteiger charge is 2.19. The van der Waals surface area contributed by atoms with Crippen molar-refractivity contribution < 1.29 is 0 Å². The van der Waals surface area contributed by atoms with Gasteiger partial charge in [-0.25, -0.2) is 0 Å². The molecule has 6 aromatic heterocycles. The van der Waals surface area contributed by atoms with Crippen LogP contribution in [-0.2, 0) is 0 Å². The molecule has 76 heavy (non-hydrogen) atoms. The van der Waals surface area contributed by atoms with Crippen LogP contribution in [0.4, 0.5) is 0 Å². The van der Waals surface area contributed by atoms with Crippen molar-refractivity contribution in [3.05, 3.63) is 267 Å². The van der Waals surface area contributed by atoms with Gasteiger partial charge in [-0.3, -0.25) is 9.97 Å². The van der Waals surface area contributed by atoms with Crippen molar-refractivity contribution in [3.8, 4) is 56.4 Å². The second kappa shape index (κ2) is 16.6. The van der Waals surface area contributed by atoms with E-state index in [0.29, 0.717) is 0 Å². The molecule has 6 nitrogen and oxygen atoms in total. The molecule has 0 aliphatic rings. The van der Waals surface area contributed by atoms with Crippen LogP contribution in [0.2, 0.25) is 0 Å². The first kappa shape index (κ1) is 42.2. The van der Waals surface area contributed by atoms with E-state index in [1.54, 1.807) is 0 Å². The summed E-state index contributed by atoms with van der Waals surface area (Å²) in [6.45, 7) is 0. The van der Waals surface area contributed by atoms with Gasteiger partial charge >= 0.3 is 0 Å². The average molecular weight is 969 g/mol. The zero-order chi connectivity index (χ0) is 49.8. The van der Waals surface area contributed by atoms with Gasteiger partial charge in [0.2, 0.25) is 0 Å². The molecule has 0 amide bonds. The van der Waals surface area contributed by atoms with E-state index < -0.39 is 0 Å². The number of rotatable bonds is 7. The molecule has 0 atom stereocenters. The van der Waals surface area contributed by atoms with E-state index in [2.05, 4.69) is 273 Å². The van der Waals surface area contributed by atoms with Crippen LogP contribution in [0, 0.1) is 0 Å². The smallest absolute Gasteiger partial charge is 0.0708 e. The zero-order valence-corrected chi connectivity index (χ0v) is 41.1. The molecule has 0 aliphatic carbocycles. The summed E-state index contributed by atoms with van der Waals surface area (Å²) in [6.07, 6.45) is 3.82. The SMILES string of the molecule is c1ccc2c(c1)c1ccccc1n2-c1ccc2c(c1)c1ccccc1n2-c1ccc(-c2cc(-c3ccnc(-c4ccc(-n5c6ccccc6c6cc(-n7c8ccccc8c8ccccc87)ccc65)cc4)c3)ccn2)cc1. The van der Waals surface area contributed by atoms with E-state index in [4.69, 9.17) is 9.97 Å². The standard InChI is InChI=1S/C70H44N6/c1-7-19-63-53(13-1)54-14-2-8-20-64(54)75(63)51-33-35-69-59(43-51)57-17-5-11-23-67(57)73(69)49-29-25-45(26-30-49)61-41-47(37-39-71-61)48-38-40-72-62(42-48)46-27-31-50(32-28-46)74-68-24-12-6-18-58(68)60-44-52(34-36-70(60)74)76-65-21-9-3-15-55(65)56-16-4-10-22-66(56)76/h1-44H. The number of pyridine rings is 2. The Morgan fingerprint density at radius 3 is 0.789 bits per heavy atom. The lowest BCUT2D eigenvalue weighted by Gasteiger charge is -2.12. The summed E-state index contributed by atoms with van der Waals surface area (Å²) in [7, 11) is 0. The summed E-state index contributed by atoms with van der Waals surface area (Å²) in [5.41, 5.74) is 20.1. The van der Waals surface area contributed by atoms with Crippen molar-refractivity contribution in [2.24, 2.45) is 0 Å². The van der Waals surface area contributed by atoms with E-state index in [0.717, 1.165) is 56.4 Å². The van der Waals surface area contributed by atoms with Crippen molar-refractivity contribution in [3.63, 3.8) is 0 Å². The van der Waals surface area contributed by atoms with Crippen LogP contribution < -0.4 is 0 Å². The van der Waals surface area contributed by atoms with Gasteiger partial charge in [-0.05, 0) is 132 Å². The summed E-state index contributed by atoms with van der Waals surface area (Å²) in [5.74, 6) is 0. The van der Waals surface area contributed by atoms with Crippen molar-refractivity contribution in [1.29, 1.82) is 0 Å². The highest BCUT2D eigenvalue weighted by Crippen LogP contribution is 2.40. The molecule has 16 aromatic rings. The molecule has 6 heteroatoms. The fraction of sp³-hybridized carbons (Fsp3) is 0. The van der Waals surface area contributed by atoms with E-state index in [1.165, 1.54) is 87.2 Å². The van der Waals surface area contributed by atoms with Gasteiger partial charge in [0.1, 0.15) is 0 Å². The van der Waals surface area contributed by atoms with Crippen LogP contribution in [0.15, 0.2) is 267 Å². The Morgan fingerprint density at radius 1 is 0.197 bits per heavy atom. The van der Waals surface area contributed by atoms with Crippen LogP contribution in [0.3, 0.4) is 0 Å². The fourth-order valence-corrected chi connectivity index (χ4v) is 12.3. The van der Waals surface area contributed by atoms with Gasteiger partial charge in [0.15, 0.2) is 0 Å². The largest absolute Gasteiger partial charge is 0.309 e. The molecule has 0 bridgehead atoms. The average Bonchev–Trinajstić information content (AvgIpc) is 4.26. The van der Waals surface area contributed by atoms with Gasteiger partial charge < -0.3 is 18.3 Å².